The Hall–Kier alpha value is -1.39. The highest BCUT2D eigenvalue weighted by Gasteiger charge is 2.08. The molecule has 1 aromatic heterocycles. The molecule has 3 nitrogen and oxygen atoms in total. The van der Waals surface area contributed by atoms with E-state index in [1.165, 1.54) is 11.3 Å². The van der Waals surface area contributed by atoms with Crippen molar-refractivity contribution >= 4 is 17.0 Å². The Morgan fingerprint density at radius 2 is 2.11 bits per heavy atom. The van der Waals surface area contributed by atoms with E-state index in [0.29, 0.717) is 6.04 Å². The molecule has 0 aliphatic rings. The van der Waals surface area contributed by atoms with Crippen molar-refractivity contribution in [3.8, 4) is 0 Å². The quantitative estimate of drug-likeness (QED) is 0.877. The summed E-state index contributed by atoms with van der Waals surface area (Å²) >= 11 is 1.65. The van der Waals surface area contributed by atoms with Crippen LogP contribution in [0, 0.1) is 0 Å². The van der Waals surface area contributed by atoms with E-state index in [9.17, 15) is 0 Å². The van der Waals surface area contributed by atoms with Crippen LogP contribution in [0.1, 0.15) is 25.1 Å². The topological polar surface area (TPSA) is 28.2 Å². The van der Waals surface area contributed by atoms with Gasteiger partial charge in [0.2, 0.25) is 0 Å². The monoisotopic (exact) mass is 275 g/mol. The van der Waals surface area contributed by atoms with Crippen molar-refractivity contribution in [3.05, 3.63) is 46.4 Å². The number of hydrogen-bond donors (Lipinski definition) is 1. The van der Waals surface area contributed by atoms with Crippen LogP contribution in [0.3, 0.4) is 0 Å². The molecular weight excluding hydrogens is 254 g/mol. The number of rotatable bonds is 6. The van der Waals surface area contributed by atoms with Gasteiger partial charge >= 0.3 is 0 Å². The van der Waals surface area contributed by atoms with E-state index in [0.717, 1.165) is 18.8 Å². The van der Waals surface area contributed by atoms with Gasteiger partial charge in [-0.1, -0.05) is 32.0 Å². The number of hydrogen-bond acceptors (Lipinski definition) is 4. The van der Waals surface area contributed by atoms with Crippen molar-refractivity contribution in [2.45, 2.75) is 33.0 Å². The number of thiazole rings is 1. The summed E-state index contributed by atoms with van der Waals surface area (Å²) < 4.78 is 0. The van der Waals surface area contributed by atoms with Crippen molar-refractivity contribution in [1.29, 1.82) is 0 Å². The highest BCUT2D eigenvalue weighted by atomic mass is 32.1. The zero-order chi connectivity index (χ0) is 13.7. The van der Waals surface area contributed by atoms with Crippen molar-refractivity contribution in [3.63, 3.8) is 0 Å². The summed E-state index contributed by atoms with van der Waals surface area (Å²) in [7, 11) is 2.12. The second-order valence-corrected chi connectivity index (χ2v) is 5.72. The third-order valence-corrected chi connectivity index (χ3v) is 3.62. The Bertz CT molecular complexity index is 494. The molecule has 0 unspecified atom stereocenters. The number of para-hydroxylation sites is 1. The fraction of sp³-hybridized carbons (Fsp3) is 0.400. The van der Waals surface area contributed by atoms with Crippen molar-refractivity contribution < 1.29 is 0 Å². The van der Waals surface area contributed by atoms with E-state index in [1.807, 2.05) is 5.51 Å². The van der Waals surface area contributed by atoms with E-state index >= 15 is 0 Å². The van der Waals surface area contributed by atoms with Crippen LogP contribution in [-0.2, 0) is 13.1 Å². The number of aromatic nitrogens is 1. The predicted molar refractivity (Wildman–Crippen MR) is 82.6 cm³/mol. The normalized spacial score (nSPS) is 10.9. The molecule has 102 valence electrons. The van der Waals surface area contributed by atoms with Crippen LogP contribution < -0.4 is 10.2 Å². The minimum atomic E-state index is 0.497. The van der Waals surface area contributed by atoms with Crippen LogP contribution in [0.4, 0.5) is 5.69 Å². The molecule has 1 heterocycles. The van der Waals surface area contributed by atoms with Crippen LogP contribution in [0.25, 0.3) is 0 Å². The molecule has 4 heteroatoms. The first kappa shape index (κ1) is 14.0. The molecule has 0 aliphatic heterocycles. The Labute approximate surface area is 119 Å². The van der Waals surface area contributed by atoms with Crippen LogP contribution >= 0.6 is 11.3 Å². The molecule has 0 aliphatic carbocycles. The Morgan fingerprint density at radius 1 is 1.32 bits per heavy atom. The van der Waals surface area contributed by atoms with Crippen LogP contribution in [0.2, 0.25) is 0 Å². The van der Waals surface area contributed by atoms with E-state index in [-0.39, 0.29) is 0 Å². The smallest absolute Gasteiger partial charge is 0.0795 e. The number of nitrogens with one attached hydrogen (secondary N) is 1. The zero-order valence-corrected chi connectivity index (χ0v) is 12.6. The number of benzene rings is 1. The fourth-order valence-electron chi connectivity index (χ4n) is 1.99. The molecule has 0 atom stereocenters. The van der Waals surface area contributed by atoms with Crippen LogP contribution in [0.5, 0.6) is 0 Å². The maximum atomic E-state index is 4.35. The lowest BCUT2D eigenvalue weighted by atomic mass is 10.1. The first-order valence-corrected chi connectivity index (χ1v) is 7.50. The molecule has 0 saturated carbocycles. The summed E-state index contributed by atoms with van der Waals surface area (Å²) in [6.07, 6.45) is 0. The summed E-state index contributed by atoms with van der Waals surface area (Å²) in [6.45, 7) is 6.08. The van der Waals surface area contributed by atoms with E-state index in [1.54, 1.807) is 11.3 Å². The van der Waals surface area contributed by atoms with E-state index in [4.69, 9.17) is 0 Å². The molecule has 0 amide bonds. The molecule has 0 radical (unpaired) electrons. The Kier molecular flexibility index (Phi) is 4.93. The average Bonchev–Trinajstić information content (AvgIpc) is 2.89. The second-order valence-electron chi connectivity index (χ2n) is 5.00. The summed E-state index contributed by atoms with van der Waals surface area (Å²) in [5.41, 5.74) is 5.60. The molecule has 0 spiro atoms. The second kappa shape index (κ2) is 6.68. The maximum absolute atomic E-state index is 4.35. The van der Waals surface area contributed by atoms with Gasteiger partial charge in [-0.25, -0.2) is 4.98 Å². The summed E-state index contributed by atoms with van der Waals surface area (Å²) in [5.74, 6) is 0. The van der Waals surface area contributed by atoms with Gasteiger partial charge in [0, 0.05) is 30.7 Å². The minimum Gasteiger partial charge on any atom is -0.368 e. The minimum absolute atomic E-state index is 0.497. The molecule has 2 rings (SSSR count). The molecule has 0 saturated heterocycles. The van der Waals surface area contributed by atoms with Gasteiger partial charge in [-0.2, -0.15) is 0 Å². The van der Waals surface area contributed by atoms with Gasteiger partial charge in [-0.3, -0.25) is 0 Å². The highest BCUT2D eigenvalue weighted by molar-refractivity contribution is 7.07. The first-order chi connectivity index (χ1) is 9.16. The molecule has 19 heavy (non-hydrogen) atoms. The fourth-order valence-corrected chi connectivity index (χ4v) is 2.54. The van der Waals surface area contributed by atoms with E-state index < -0.39 is 0 Å². The molecule has 1 aromatic carbocycles. The third-order valence-electron chi connectivity index (χ3n) is 2.99. The van der Waals surface area contributed by atoms with Gasteiger partial charge in [0.25, 0.3) is 0 Å². The molecular formula is C15H21N3S. The van der Waals surface area contributed by atoms with Crippen LogP contribution in [0.15, 0.2) is 35.2 Å². The average molecular weight is 275 g/mol. The van der Waals surface area contributed by atoms with Gasteiger partial charge < -0.3 is 10.2 Å². The first-order valence-electron chi connectivity index (χ1n) is 6.56. The molecule has 0 fully saturated rings. The lowest BCUT2D eigenvalue weighted by Crippen LogP contribution is -2.24. The number of anilines is 1. The highest BCUT2D eigenvalue weighted by Crippen LogP contribution is 2.21. The SMILES string of the molecule is CC(C)NCc1ccccc1N(C)Cc1cscn1. The van der Waals surface area contributed by atoms with Crippen LogP contribution in [-0.4, -0.2) is 18.1 Å². The van der Waals surface area contributed by atoms with Crippen molar-refractivity contribution in [2.75, 3.05) is 11.9 Å². The molecule has 0 bridgehead atoms. The molecule has 2 aromatic rings. The maximum Gasteiger partial charge on any atom is 0.0795 e. The Balaban J connectivity index is 2.09. The largest absolute Gasteiger partial charge is 0.368 e. The summed E-state index contributed by atoms with van der Waals surface area (Å²) in [6, 6.07) is 9.03. The van der Waals surface area contributed by atoms with Gasteiger partial charge in [-0.05, 0) is 11.6 Å². The summed E-state index contributed by atoms with van der Waals surface area (Å²) in [5, 5.41) is 5.58. The van der Waals surface area contributed by atoms with Gasteiger partial charge in [0.1, 0.15) is 0 Å². The van der Waals surface area contributed by atoms with Gasteiger partial charge in [0.05, 0.1) is 17.7 Å². The zero-order valence-electron chi connectivity index (χ0n) is 11.8. The Morgan fingerprint density at radius 3 is 2.79 bits per heavy atom. The predicted octanol–water partition coefficient (Wildman–Crippen LogP) is 3.28. The third kappa shape index (κ3) is 4.04. The van der Waals surface area contributed by atoms with Gasteiger partial charge in [-0.15, -0.1) is 11.3 Å². The van der Waals surface area contributed by atoms with E-state index in [2.05, 4.69) is 65.7 Å². The van der Waals surface area contributed by atoms with Gasteiger partial charge in [0.15, 0.2) is 0 Å². The lowest BCUT2D eigenvalue weighted by Gasteiger charge is -2.22. The summed E-state index contributed by atoms with van der Waals surface area (Å²) in [4.78, 5) is 6.60. The van der Waals surface area contributed by atoms with Crippen molar-refractivity contribution in [1.82, 2.24) is 10.3 Å². The standard InChI is InChI=1S/C15H21N3S/c1-12(2)16-8-13-6-4-5-7-15(13)18(3)9-14-10-19-11-17-14/h4-7,10-12,16H,8-9H2,1-3H3. The molecule has 1 N–H and O–H groups in total. The lowest BCUT2D eigenvalue weighted by molar-refractivity contribution is 0.588. The van der Waals surface area contributed by atoms with Crippen molar-refractivity contribution in [2.24, 2.45) is 0 Å². The number of nitrogens with zero attached hydrogens (tertiary/aromatic N) is 2.